The number of nitrogens with one attached hydrogen (secondary N) is 2. The average molecular weight is 393 g/mol. The van der Waals surface area contributed by atoms with E-state index >= 15 is 0 Å². The molecule has 1 aromatic rings. The van der Waals surface area contributed by atoms with Gasteiger partial charge in [0.1, 0.15) is 0 Å². The molecule has 148 valence electrons. The maximum Gasteiger partial charge on any atom is 0.321 e. The number of urea groups is 1. The van der Waals surface area contributed by atoms with Gasteiger partial charge in [0, 0.05) is 37.4 Å². The van der Waals surface area contributed by atoms with E-state index in [0.29, 0.717) is 18.6 Å². The van der Waals surface area contributed by atoms with Crippen molar-refractivity contribution in [1.82, 2.24) is 15.1 Å². The van der Waals surface area contributed by atoms with Crippen molar-refractivity contribution in [3.63, 3.8) is 0 Å². The van der Waals surface area contributed by atoms with E-state index in [2.05, 4.69) is 15.5 Å². The van der Waals surface area contributed by atoms with Gasteiger partial charge >= 0.3 is 6.03 Å². The van der Waals surface area contributed by atoms with Crippen molar-refractivity contribution in [3.8, 4) is 0 Å². The zero-order valence-electron chi connectivity index (χ0n) is 15.6. The molecule has 1 aromatic carbocycles. The molecule has 4 rings (SSSR count). The fraction of sp³-hybridized carbons (Fsp3) is 0.600. The zero-order valence-corrected chi connectivity index (χ0v) is 16.4. The molecule has 27 heavy (non-hydrogen) atoms. The van der Waals surface area contributed by atoms with Crippen molar-refractivity contribution >= 4 is 30.0 Å². The van der Waals surface area contributed by atoms with Crippen LogP contribution in [0.1, 0.15) is 32.1 Å². The first kappa shape index (κ1) is 20.0. The van der Waals surface area contributed by atoms with Gasteiger partial charge in [-0.1, -0.05) is 18.2 Å². The Balaban J connectivity index is 0.00000210. The summed E-state index contributed by atoms with van der Waals surface area (Å²) in [5, 5.41) is 6.39. The number of amides is 3. The van der Waals surface area contributed by atoms with Crippen LogP contribution in [0.4, 0.5) is 10.5 Å². The van der Waals surface area contributed by atoms with Crippen molar-refractivity contribution in [1.29, 1.82) is 0 Å². The number of rotatable bonds is 2. The monoisotopic (exact) mass is 392 g/mol. The molecule has 2 bridgehead atoms. The Morgan fingerprint density at radius 2 is 1.81 bits per heavy atom. The van der Waals surface area contributed by atoms with Crippen LogP contribution in [0.5, 0.6) is 0 Å². The second kappa shape index (κ2) is 8.93. The maximum atomic E-state index is 13.2. The van der Waals surface area contributed by atoms with Crippen LogP contribution in [0.15, 0.2) is 30.3 Å². The Morgan fingerprint density at radius 1 is 1.04 bits per heavy atom. The molecular formula is C20H29ClN4O2. The number of hydrogen-bond acceptors (Lipinski definition) is 3. The average Bonchev–Trinajstić information content (AvgIpc) is 2.94. The van der Waals surface area contributed by atoms with Crippen LogP contribution in [-0.4, -0.2) is 60.0 Å². The lowest BCUT2D eigenvalue weighted by Gasteiger charge is -2.37. The van der Waals surface area contributed by atoms with Crippen LogP contribution in [-0.2, 0) is 4.79 Å². The number of likely N-dealkylation sites (tertiary alicyclic amines) is 1. The zero-order chi connectivity index (χ0) is 17.9. The van der Waals surface area contributed by atoms with E-state index in [9.17, 15) is 9.59 Å². The number of carbonyl (C=O) groups excluding carboxylic acids is 2. The van der Waals surface area contributed by atoms with Crippen LogP contribution >= 0.6 is 12.4 Å². The lowest BCUT2D eigenvalue weighted by molar-refractivity contribution is -0.139. The van der Waals surface area contributed by atoms with Gasteiger partial charge in [0.2, 0.25) is 5.91 Å². The summed E-state index contributed by atoms with van der Waals surface area (Å²) in [5.41, 5.74) is 0.794. The van der Waals surface area contributed by atoms with Crippen LogP contribution in [0.2, 0.25) is 0 Å². The standard InChI is InChI=1S/C20H28N4O2.ClH/c25-19(24-17-8-9-18(24)13-21-11-10-17)15-5-4-12-23(14-15)20(26)22-16-6-2-1-3-7-16;/h1-3,6-7,15,17-18,21H,4-5,8-14H2,(H,22,26);1H. The van der Waals surface area contributed by atoms with Gasteiger partial charge in [-0.2, -0.15) is 0 Å². The molecule has 0 saturated carbocycles. The van der Waals surface area contributed by atoms with Gasteiger partial charge in [0.25, 0.3) is 0 Å². The fourth-order valence-electron chi connectivity index (χ4n) is 4.64. The number of hydrogen-bond donors (Lipinski definition) is 2. The van der Waals surface area contributed by atoms with Gasteiger partial charge in [-0.15, -0.1) is 12.4 Å². The third-order valence-electron chi connectivity index (χ3n) is 5.99. The quantitative estimate of drug-likeness (QED) is 0.813. The Labute approximate surface area is 167 Å². The number of fused-ring (bicyclic) bond motifs is 2. The van der Waals surface area contributed by atoms with Crippen molar-refractivity contribution in [3.05, 3.63) is 30.3 Å². The highest BCUT2D eigenvalue weighted by molar-refractivity contribution is 5.90. The molecule has 3 atom stereocenters. The molecule has 0 radical (unpaired) electrons. The molecule has 3 aliphatic rings. The Kier molecular flexibility index (Phi) is 6.60. The van der Waals surface area contributed by atoms with Gasteiger partial charge in [-0.25, -0.2) is 4.79 Å². The Hall–Kier alpha value is -1.79. The number of anilines is 1. The third-order valence-corrected chi connectivity index (χ3v) is 5.99. The predicted molar refractivity (Wildman–Crippen MR) is 108 cm³/mol. The predicted octanol–water partition coefficient (Wildman–Crippen LogP) is 2.71. The summed E-state index contributed by atoms with van der Waals surface area (Å²) in [6.07, 6.45) is 5.06. The lowest BCUT2D eigenvalue weighted by atomic mass is 9.96. The molecular weight excluding hydrogens is 364 g/mol. The minimum Gasteiger partial charge on any atom is -0.335 e. The van der Waals surface area contributed by atoms with Crippen LogP contribution in [0.3, 0.4) is 0 Å². The third kappa shape index (κ3) is 4.38. The first-order valence-electron chi connectivity index (χ1n) is 9.86. The summed E-state index contributed by atoms with van der Waals surface area (Å²) >= 11 is 0. The molecule has 0 aromatic heterocycles. The number of para-hydroxylation sites is 1. The molecule has 0 spiro atoms. The highest BCUT2D eigenvalue weighted by Gasteiger charge is 2.41. The molecule has 2 N–H and O–H groups in total. The van der Waals surface area contributed by atoms with Gasteiger partial charge < -0.3 is 20.4 Å². The molecule has 3 unspecified atom stereocenters. The van der Waals surface area contributed by atoms with Crippen molar-refractivity contribution < 1.29 is 9.59 Å². The van der Waals surface area contributed by atoms with E-state index in [1.807, 2.05) is 30.3 Å². The minimum atomic E-state index is -0.103. The van der Waals surface area contributed by atoms with Gasteiger partial charge in [-0.05, 0) is 50.8 Å². The maximum absolute atomic E-state index is 13.2. The van der Waals surface area contributed by atoms with Crippen molar-refractivity contribution in [2.45, 2.75) is 44.2 Å². The number of nitrogens with zero attached hydrogens (tertiary/aromatic N) is 2. The summed E-state index contributed by atoms with van der Waals surface area (Å²) in [7, 11) is 0. The van der Waals surface area contributed by atoms with Gasteiger partial charge in [-0.3, -0.25) is 4.79 Å². The number of halogens is 1. The van der Waals surface area contributed by atoms with Crippen molar-refractivity contribution in [2.24, 2.45) is 5.92 Å². The number of piperidine rings is 1. The highest BCUT2D eigenvalue weighted by atomic mass is 35.5. The summed E-state index contributed by atoms with van der Waals surface area (Å²) < 4.78 is 0. The smallest absolute Gasteiger partial charge is 0.321 e. The minimum absolute atomic E-state index is 0. The fourth-order valence-corrected chi connectivity index (χ4v) is 4.64. The summed E-state index contributed by atoms with van der Waals surface area (Å²) in [6, 6.07) is 10.1. The number of carbonyl (C=O) groups is 2. The van der Waals surface area contributed by atoms with Crippen molar-refractivity contribution in [2.75, 3.05) is 31.5 Å². The van der Waals surface area contributed by atoms with Gasteiger partial charge in [0.05, 0.1) is 5.92 Å². The second-order valence-corrected chi connectivity index (χ2v) is 7.70. The summed E-state index contributed by atoms with van der Waals surface area (Å²) in [5.74, 6) is 0.199. The van der Waals surface area contributed by atoms with Gasteiger partial charge in [0.15, 0.2) is 0 Å². The van der Waals surface area contributed by atoms with E-state index in [4.69, 9.17) is 0 Å². The van der Waals surface area contributed by atoms with E-state index in [1.54, 1.807) is 4.90 Å². The van der Waals surface area contributed by atoms with E-state index in [1.165, 1.54) is 0 Å². The van der Waals surface area contributed by atoms with Crippen LogP contribution < -0.4 is 10.6 Å². The lowest BCUT2D eigenvalue weighted by Crippen LogP contribution is -2.51. The molecule has 0 aliphatic carbocycles. The largest absolute Gasteiger partial charge is 0.335 e. The van der Waals surface area contributed by atoms with E-state index in [0.717, 1.165) is 57.4 Å². The Morgan fingerprint density at radius 3 is 2.63 bits per heavy atom. The molecule has 3 saturated heterocycles. The van der Waals surface area contributed by atoms with E-state index in [-0.39, 0.29) is 30.3 Å². The SMILES string of the molecule is Cl.O=C(Nc1ccccc1)N1CCCC(C(=O)N2C3CCNCC2CC3)C1. The molecule has 3 fully saturated rings. The Bertz CT molecular complexity index is 643. The molecule has 7 heteroatoms. The first-order chi connectivity index (χ1) is 12.7. The van der Waals surface area contributed by atoms with Crippen LogP contribution in [0.25, 0.3) is 0 Å². The molecule has 6 nitrogen and oxygen atoms in total. The summed E-state index contributed by atoms with van der Waals surface area (Å²) in [4.78, 5) is 29.8. The second-order valence-electron chi connectivity index (χ2n) is 7.70. The highest BCUT2D eigenvalue weighted by Crippen LogP contribution is 2.31. The molecule has 3 aliphatic heterocycles. The molecule has 3 heterocycles. The van der Waals surface area contributed by atoms with Crippen LogP contribution in [0, 0.1) is 5.92 Å². The summed E-state index contributed by atoms with van der Waals surface area (Å²) in [6.45, 7) is 3.16. The molecule has 3 amide bonds. The number of benzene rings is 1. The first-order valence-corrected chi connectivity index (χ1v) is 9.86. The topological polar surface area (TPSA) is 64.7 Å². The normalized spacial score (nSPS) is 27.5. The van der Waals surface area contributed by atoms with E-state index < -0.39 is 0 Å².